The SMILES string of the molecule is CCCn1c(SCC(=O)Nc2ccc(C)c(S(=O)(=O)N3CCCCC3)c2)n[nH]c1=O. The molecule has 11 heteroatoms. The molecule has 0 atom stereocenters. The summed E-state index contributed by atoms with van der Waals surface area (Å²) in [4.78, 5) is 24.3. The largest absolute Gasteiger partial charge is 0.343 e. The van der Waals surface area contributed by atoms with E-state index in [2.05, 4.69) is 15.5 Å². The summed E-state index contributed by atoms with van der Waals surface area (Å²) in [5, 5.41) is 9.54. The van der Waals surface area contributed by atoms with Gasteiger partial charge in [-0.3, -0.25) is 9.36 Å². The van der Waals surface area contributed by atoms with Gasteiger partial charge in [0.25, 0.3) is 0 Å². The van der Waals surface area contributed by atoms with E-state index in [-0.39, 0.29) is 22.2 Å². The highest BCUT2D eigenvalue weighted by Crippen LogP contribution is 2.26. The first-order valence-electron chi connectivity index (χ1n) is 10.0. The maximum atomic E-state index is 13.0. The number of aromatic nitrogens is 3. The standard InChI is InChI=1S/C19H27N5O4S2/c1-3-9-24-18(26)21-22-19(24)29-13-17(25)20-15-8-7-14(2)16(12-15)30(27,28)23-10-5-4-6-11-23/h7-8,12H,3-6,9-11,13H2,1-2H3,(H,20,25)(H,21,26). The van der Waals surface area contributed by atoms with Crippen LogP contribution in [0.4, 0.5) is 5.69 Å². The van der Waals surface area contributed by atoms with Crippen LogP contribution in [0.3, 0.4) is 0 Å². The monoisotopic (exact) mass is 453 g/mol. The molecule has 2 heterocycles. The number of aromatic amines is 1. The van der Waals surface area contributed by atoms with E-state index < -0.39 is 10.0 Å². The van der Waals surface area contributed by atoms with E-state index in [1.54, 1.807) is 19.1 Å². The Morgan fingerprint density at radius 3 is 2.70 bits per heavy atom. The first kappa shape index (κ1) is 22.6. The van der Waals surface area contributed by atoms with E-state index in [0.717, 1.165) is 37.4 Å². The molecule has 9 nitrogen and oxygen atoms in total. The minimum absolute atomic E-state index is 0.0517. The van der Waals surface area contributed by atoms with Crippen molar-refractivity contribution in [2.75, 3.05) is 24.2 Å². The molecule has 1 aromatic carbocycles. The number of H-pyrrole nitrogens is 1. The van der Waals surface area contributed by atoms with E-state index in [4.69, 9.17) is 0 Å². The zero-order valence-electron chi connectivity index (χ0n) is 17.2. The lowest BCUT2D eigenvalue weighted by Gasteiger charge is -2.26. The van der Waals surface area contributed by atoms with Crippen LogP contribution < -0.4 is 11.0 Å². The van der Waals surface area contributed by atoms with Gasteiger partial charge in [-0.2, -0.15) is 4.31 Å². The smallest absolute Gasteiger partial charge is 0.325 e. The minimum atomic E-state index is -3.59. The average Bonchev–Trinajstić information content (AvgIpc) is 3.08. The molecule has 1 amide bonds. The maximum Gasteiger partial charge on any atom is 0.343 e. The quantitative estimate of drug-likeness (QED) is 0.592. The van der Waals surface area contributed by atoms with Crippen molar-refractivity contribution in [1.29, 1.82) is 0 Å². The highest BCUT2D eigenvalue weighted by Gasteiger charge is 2.27. The van der Waals surface area contributed by atoms with Crippen LogP contribution >= 0.6 is 11.8 Å². The van der Waals surface area contributed by atoms with Crippen molar-refractivity contribution < 1.29 is 13.2 Å². The molecule has 0 unspecified atom stereocenters. The van der Waals surface area contributed by atoms with Crippen LogP contribution in [0.2, 0.25) is 0 Å². The summed E-state index contributed by atoms with van der Waals surface area (Å²) in [5.41, 5.74) is 0.772. The molecule has 30 heavy (non-hydrogen) atoms. The molecule has 0 saturated carbocycles. The lowest BCUT2D eigenvalue weighted by Crippen LogP contribution is -2.36. The maximum absolute atomic E-state index is 13.0. The van der Waals surface area contributed by atoms with Crippen LogP contribution in [0.5, 0.6) is 0 Å². The third kappa shape index (κ3) is 5.13. The molecule has 1 aliphatic heterocycles. The lowest BCUT2D eigenvalue weighted by molar-refractivity contribution is -0.113. The summed E-state index contributed by atoms with van der Waals surface area (Å²) in [7, 11) is -3.59. The molecule has 2 N–H and O–H groups in total. The number of carbonyl (C=O) groups excluding carboxylic acids is 1. The molecule has 1 aromatic heterocycles. The van der Waals surface area contributed by atoms with E-state index in [0.29, 0.717) is 36.0 Å². The van der Waals surface area contributed by atoms with Gasteiger partial charge < -0.3 is 5.32 Å². The van der Waals surface area contributed by atoms with E-state index in [1.165, 1.54) is 14.9 Å². The van der Waals surface area contributed by atoms with Gasteiger partial charge in [-0.15, -0.1) is 5.10 Å². The van der Waals surface area contributed by atoms with Crippen molar-refractivity contribution in [3.05, 3.63) is 34.2 Å². The van der Waals surface area contributed by atoms with Crippen molar-refractivity contribution in [3.8, 4) is 0 Å². The number of aryl methyl sites for hydroxylation is 1. The number of nitrogens with one attached hydrogen (secondary N) is 2. The van der Waals surface area contributed by atoms with Gasteiger partial charge in [0, 0.05) is 25.3 Å². The number of benzene rings is 1. The van der Waals surface area contributed by atoms with Crippen molar-refractivity contribution in [2.24, 2.45) is 0 Å². The Labute approximate surface area is 180 Å². The van der Waals surface area contributed by atoms with Gasteiger partial charge in [0.15, 0.2) is 5.16 Å². The Morgan fingerprint density at radius 1 is 1.27 bits per heavy atom. The Bertz CT molecular complexity index is 1060. The summed E-state index contributed by atoms with van der Waals surface area (Å²) in [5.74, 6) is -0.250. The van der Waals surface area contributed by atoms with Crippen LogP contribution in [-0.2, 0) is 21.4 Å². The Balaban J connectivity index is 1.69. The Kier molecular flexibility index (Phi) is 7.37. The number of rotatable bonds is 8. The van der Waals surface area contributed by atoms with Gasteiger partial charge in [-0.1, -0.05) is 31.2 Å². The number of anilines is 1. The van der Waals surface area contributed by atoms with Gasteiger partial charge in [-0.25, -0.2) is 18.3 Å². The second-order valence-electron chi connectivity index (χ2n) is 7.24. The molecule has 0 aliphatic carbocycles. The highest BCUT2D eigenvalue weighted by atomic mass is 32.2. The molecule has 3 rings (SSSR count). The number of hydrogen-bond acceptors (Lipinski definition) is 6. The van der Waals surface area contributed by atoms with Gasteiger partial charge in [0.2, 0.25) is 15.9 Å². The van der Waals surface area contributed by atoms with Crippen LogP contribution in [0.15, 0.2) is 33.0 Å². The third-order valence-electron chi connectivity index (χ3n) is 4.91. The van der Waals surface area contributed by atoms with Crippen molar-refractivity contribution in [1.82, 2.24) is 19.1 Å². The second kappa shape index (κ2) is 9.80. The third-order valence-corrected chi connectivity index (χ3v) is 7.92. The lowest BCUT2D eigenvalue weighted by atomic mass is 10.2. The predicted octanol–water partition coefficient (Wildman–Crippen LogP) is 2.20. The summed E-state index contributed by atoms with van der Waals surface area (Å²) >= 11 is 1.15. The van der Waals surface area contributed by atoms with Crippen LogP contribution in [-0.4, -0.2) is 52.2 Å². The fourth-order valence-corrected chi connectivity index (χ4v) is 5.90. The number of amides is 1. The van der Waals surface area contributed by atoms with Gasteiger partial charge in [0.1, 0.15) is 0 Å². The van der Waals surface area contributed by atoms with Gasteiger partial charge >= 0.3 is 5.69 Å². The summed E-state index contributed by atoms with van der Waals surface area (Å²) in [6, 6.07) is 4.91. The fourth-order valence-electron chi connectivity index (χ4n) is 3.36. The molecule has 0 spiro atoms. The van der Waals surface area contributed by atoms with E-state index >= 15 is 0 Å². The van der Waals surface area contributed by atoms with E-state index in [1.807, 2.05) is 6.92 Å². The number of carbonyl (C=O) groups is 1. The molecular formula is C19H27N5O4S2. The number of nitrogens with zero attached hydrogens (tertiary/aromatic N) is 3. The zero-order chi connectivity index (χ0) is 21.7. The first-order chi connectivity index (χ1) is 14.3. The highest BCUT2D eigenvalue weighted by molar-refractivity contribution is 7.99. The number of hydrogen-bond donors (Lipinski definition) is 2. The van der Waals surface area contributed by atoms with Gasteiger partial charge in [0.05, 0.1) is 10.6 Å². The summed E-state index contributed by atoms with van der Waals surface area (Å²) < 4.78 is 29.1. The normalized spacial score (nSPS) is 15.3. The summed E-state index contributed by atoms with van der Waals surface area (Å²) in [6.45, 7) is 5.28. The second-order valence-corrected chi connectivity index (χ2v) is 10.1. The van der Waals surface area contributed by atoms with E-state index in [9.17, 15) is 18.0 Å². The van der Waals surface area contributed by atoms with Crippen LogP contribution in [0.1, 0.15) is 38.2 Å². The minimum Gasteiger partial charge on any atom is -0.325 e. The Hall–Kier alpha value is -2.11. The molecule has 1 saturated heterocycles. The zero-order valence-corrected chi connectivity index (χ0v) is 18.8. The molecule has 0 radical (unpaired) electrons. The molecular weight excluding hydrogens is 426 g/mol. The van der Waals surface area contributed by atoms with Crippen molar-refractivity contribution in [3.63, 3.8) is 0 Å². The van der Waals surface area contributed by atoms with Crippen molar-refractivity contribution >= 4 is 33.4 Å². The number of piperidine rings is 1. The molecule has 1 fully saturated rings. The summed E-state index contributed by atoms with van der Waals surface area (Å²) in [6.07, 6.45) is 3.54. The van der Waals surface area contributed by atoms with Crippen LogP contribution in [0.25, 0.3) is 0 Å². The molecule has 0 bridgehead atoms. The fraction of sp³-hybridized carbons (Fsp3) is 0.526. The predicted molar refractivity (Wildman–Crippen MR) is 116 cm³/mol. The Morgan fingerprint density at radius 2 is 2.00 bits per heavy atom. The molecule has 2 aromatic rings. The first-order valence-corrected chi connectivity index (χ1v) is 12.4. The van der Waals surface area contributed by atoms with Gasteiger partial charge in [-0.05, 0) is 43.9 Å². The average molecular weight is 454 g/mol. The number of thioether (sulfide) groups is 1. The molecule has 164 valence electrons. The number of sulfonamides is 1. The molecule has 1 aliphatic rings. The topological polar surface area (TPSA) is 117 Å². The van der Waals surface area contributed by atoms with Crippen molar-refractivity contribution in [2.45, 2.75) is 56.1 Å². The van der Waals surface area contributed by atoms with Crippen LogP contribution in [0, 0.1) is 6.92 Å².